The number of ether oxygens (including phenoxy) is 4. The Morgan fingerprint density at radius 3 is 0.795 bits per heavy atom. The van der Waals surface area contributed by atoms with Crippen LogP contribution in [0.4, 0.5) is 0 Å². The lowest BCUT2D eigenvalue weighted by atomic mass is 9.80. The zero-order valence-electron chi connectivity index (χ0n) is 29.3. The van der Waals surface area contributed by atoms with E-state index in [0.29, 0.717) is 0 Å². The summed E-state index contributed by atoms with van der Waals surface area (Å²) in [5.74, 6) is -1.30. The second kappa shape index (κ2) is 14.0. The van der Waals surface area contributed by atoms with Crippen molar-refractivity contribution in [3.8, 4) is 0 Å². The molecule has 0 aliphatic rings. The van der Waals surface area contributed by atoms with Gasteiger partial charge in [0.05, 0.1) is 0 Å². The van der Waals surface area contributed by atoms with E-state index in [1.807, 2.05) is 85.7 Å². The van der Waals surface area contributed by atoms with Gasteiger partial charge >= 0.3 is 23.9 Å². The first-order valence-corrected chi connectivity index (χ1v) is 14.8. The van der Waals surface area contributed by atoms with Gasteiger partial charge in [0.1, 0.15) is 22.4 Å². The minimum atomic E-state index is -0.770. The molecule has 0 heterocycles. The largest absolute Gasteiger partial charge is 0.455 e. The van der Waals surface area contributed by atoms with Crippen molar-refractivity contribution in [2.24, 2.45) is 0 Å². The summed E-state index contributed by atoms with van der Waals surface area (Å²) in [6.07, 6.45) is 0. The van der Waals surface area contributed by atoms with Crippen LogP contribution in [0.5, 0.6) is 0 Å². The molecule has 0 saturated carbocycles. The van der Waals surface area contributed by atoms with Crippen molar-refractivity contribution in [3.63, 3.8) is 0 Å². The van der Waals surface area contributed by atoms with Crippen LogP contribution in [0, 0.1) is 0 Å². The van der Waals surface area contributed by atoms with E-state index in [1.165, 1.54) is 27.7 Å². The van der Waals surface area contributed by atoms with E-state index in [4.69, 9.17) is 18.9 Å². The van der Waals surface area contributed by atoms with Gasteiger partial charge in [-0.1, -0.05) is 57.2 Å². The summed E-state index contributed by atoms with van der Waals surface area (Å²) in [6.45, 7) is 26.7. The van der Waals surface area contributed by atoms with E-state index in [-0.39, 0.29) is 29.3 Å². The molecule has 0 spiro atoms. The lowest BCUT2D eigenvalue weighted by Crippen LogP contribution is -2.29. The lowest BCUT2D eigenvalue weighted by Gasteiger charge is -2.32. The molecule has 0 aromatic heterocycles. The number of hydrogen-bond acceptors (Lipinski definition) is 8. The van der Waals surface area contributed by atoms with Crippen LogP contribution in [-0.4, -0.2) is 23.9 Å². The molecular formula is C36H52O8. The van der Waals surface area contributed by atoms with E-state index >= 15 is 0 Å². The van der Waals surface area contributed by atoms with Crippen molar-refractivity contribution in [1.29, 1.82) is 0 Å². The molecule has 8 nitrogen and oxygen atoms in total. The quantitative estimate of drug-likeness (QED) is 0.219. The number of rotatable bonds is 8. The first kappa shape index (κ1) is 38.3. The molecule has 2 aromatic rings. The maximum Gasteiger partial charge on any atom is 0.303 e. The molecule has 0 saturated heterocycles. The Balaban J connectivity index is 0.000000447. The molecule has 0 radical (unpaired) electrons. The highest BCUT2D eigenvalue weighted by Crippen LogP contribution is 2.36. The summed E-state index contributed by atoms with van der Waals surface area (Å²) in [5.41, 5.74) is 1.61. The first-order chi connectivity index (χ1) is 19.7. The molecule has 0 unspecified atom stereocenters. The average Bonchev–Trinajstić information content (AvgIpc) is 2.80. The molecule has 2 rings (SSSR count). The van der Waals surface area contributed by atoms with Crippen molar-refractivity contribution in [3.05, 3.63) is 70.3 Å². The predicted octanol–water partition coefficient (Wildman–Crippen LogP) is 7.86. The lowest BCUT2D eigenvalue weighted by molar-refractivity contribution is -0.156. The highest BCUT2D eigenvalue weighted by atomic mass is 16.6. The summed E-state index contributed by atoms with van der Waals surface area (Å²) in [6, 6.07) is 13.6. The van der Waals surface area contributed by atoms with Crippen LogP contribution in [0.1, 0.15) is 132 Å². The third-order valence-corrected chi connectivity index (χ3v) is 7.06. The summed E-state index contributed by atoms with van der Waals surface area (Å²) < 4.78 is 21.6. The zero-order valence-corrected chi connectivity index (χ0v) is 29.3. The van der Waals surface area contributed by atoms with Gasteiger partial charge in [-0.15, -0.1) is 0 Å². The van der Waals surface area contributed by atoms with Crippen molar-refractivity contribution < 1.29 is 38.1 Å². The normalized spacial score (nSPS) is 12.3. The molecule has 0 fully saturated rings. The van der Waals surface area contributed by atoms with Crippen LogP contribution >= 0.6 is 0 Å². The van der Waals surface area contributed by atoms with Gasteiger partial charge in [0.25, 0.3) is 0 Å². The Labute approximate surface area is 263 Å². The van der Waals surface area contributed by atoms with Crippen LogP contribution in [0.3, 0.4) is 0 Å². The summed E-state index contributed by atoms with van der Waals surface area (Å²) >= 11 is 0. The fraction of sp³-hybridized carbons (Fsp3) is 0.556. The monoisotopic (exact) mass is 612 g/mol. The Hall–Kier alpha value is -3.68. The number of hydrogen-bond donors (Lipinski definition) is 0. The van der Waals surface area contributed by atoms with Crippen LogP contribution in [0.15, 0.2) is 42.5 Å². The van der Waals surface area contributed by atoms with Crippen molar-refractivity contribution in [2.45, 2.75) is 132 Å². The van der Waals surface area contributed by atoms with Crippen LogP contribution in [0.2, 0.25) is 0 Å². The molecule has 0 aliphatic heterocycles. The molecular weight excluding hydrogens is 560 g/mol. The minimum Gasteiger partial charge on any atom is -0.455 e. The predicted molar refractivity (Wildman–Crippen MR) is 171 cm³/mol. The molecule has 0 N–H and O–H groups in total. The third kappa shape index (κ3) is 11.4. The van der Waals surface area contributed by atoms with Gasteiger partial charge in [-0.3, -0.25) is 19.2 Å². The fourth-order valence-electron chi connectivity index (χ4n) is 4.70. The number of benzene rings is 2. The van der Waals surface area contributed by atoms with E-state index < -0.39 is 22.4 Å². The van der Waals surface area contributed by atoms with Gasteiger partial charge in [0.15, 0.2) is 0 Å². The number of carbonyl (C=O) groups is 4. The van der Waals surface area contributed by atoms with Gasteiger partial charge < -0.3 is 18.9 Å². The Morgan fingerprint density at radius 2 is 0.591 bits per heavy atom. The molecule has 2 aromatic carbocycles. The van der Waals surface area contributed by atoms with Crippen LogP contribution in [-0.2, 0) is 65.9 Å². The Bertz CT molecular complexity index is 1250. The van der Waals surface area contributed by atoms with E-state index in [1.54, 1.807) is 0 Å². The SMILES string of the molecule is CC(=O)OC(C)(C)c1cc(C(C)(C)C)cc(C(C)(C)OC(C)=O)c1.CC(=O)OC(C)(C)c1ccc(C(C)(C)OC(C)=O)cc1. The summed E-state index contributed by atoms with van der Waals surface area (Å²) in [4.78, 5) is 45.1. The Kier molecular flexibility index (Phi) is 12.2. The first-order valence-electron chi connectivity index (χ1n) is 14.8. The minimum absolute atomic E-state index is 0.0939. The average molecular weight is 613 g/mol. The molecule has 244 valence electrons. The summed E-state index contributed by atoms with van der Waals surface area (Å²) in [5, 5.41) is 0. The van der Waals surface area contributed by atoms with Crippen molar-refractivity contribution in [1.82, 2.24) is 0 Å². The van der Waals surface area contributed by atoms with Crippen molar-refractivity contribution in [2.75, 3.05) is 0 Å². The molecule has 0 bridgehead atoms. The second-order valence-electron chi connectivity index (χ2n) is 14.0. The molecule has 0 amide bonds. The van der Waals surface area contributed by atoms with Crippen LogP contribution < -0.4 is 0 Å². The van der Waals surface area contributed by atoms with Gasteiger partial charge in [0, 0.05) is 27.7 Å². The maximum absolute atomic E-state index is 11.5. The van der Waals surface area contributed by atoms with Gasteiger partial charge in [-0.25, -0.2) is 0 Å². The standard InChI is InChI=1S/C20H30O4.C16H22O4/c1-13(21)23-19(6,7)16-10-15(18(3,4)5)11-17(12-16)20(8,9)24-14(2)22;1-11(17)19-15(3,4)13-7-9-14(10-8-13)16(5,6)20-12(2)18/h10-12H,1-9H3;7-10H,1-6H3. The highest BCUT2D eigenvalue weighted by molar-refractivity contribution is 5.68. The molecule has 44 heavy (non-hydrogen) atoms. The van der Waals surface area contributed by atoms with Crippen LogP contribution in [0.25, 0.3) is 0 Å². The maximum atomic E-state index is 11.5. The van der Waals surface area contributed by atoms with Gasteiger partial charge in [0.2, 0.25) is 0 Å². The fourth-order valence-corrected chi connectivity index (χ4v) is 4.70. The smallest absolute Gasteiger partial charge is 0.303 e. The van der Waals surface area contributed by atoms with E-state index in [0.717, 1.165) is 27.8 Å². The second-order valence-corrected chi connectivity index (χ2v) is 14.0. The highest BCUT2D eigenvalue weighted by Gasteiger charge is 2.32. The van der Waals surface area contributed by atoms with E-state index in [9.17, 15) is 19.2 Å². The number of carbonyl (C=O) groups excluding carboxylic acids is 4. The van der Waals surface area contributed by atoms with Crippen molar-refractivity contribution >= 4 is 23.9 Å². The third-order valence-electron chi connectivity index (χ3n) is 7.06. The molecule has 8 heteroatoms. The Morgan fingerprint density at radius 1 is 0.386 bits per heavy atom. The molecule has 0 aliphatic carbocycles. The van der Waals surface area contributed by atoms with Gasteiger partial charge in [-0.2, -0.15) is 0 Å². The number of esters is 4. The van der Waals surface area contributed by atoms with E-state index in [2.05, 4.69) is 32.9 Å². The summed E-state index contributed by atoms with van der Waals surface area (Å²) in [7, 11) is 0. The zero-order chi connectivity index (χ0) is 34.5. The molecule has 0 atom stereocenters. The topological polar surface area (TPSA) is 105 Å². The van der Waals surface area contributed by atoms with Gasteiger partial charge in [-0.05, 0) is 94.7 Å².